The van der Waals surface area contributed by atoms with Crippen LogP contribution in [0, 0.1) is 19.3 Å². The molecule has 2 N–H and O–H groups in total. The van der Waals surface area contributed by atoms with Gasteiger partial charge < -0.3 is 19.8 Å². The topological polar surface area (TPSA) is 58.8 Å². The van der Waals surface area contributed by atoms with Gasteiger partial charge >= 0.3 is 0 Å². The van der Waals surface area contributed by atoms with E-state index in [0.717, 1.165) is 29.5 Å². The van der Waals surface area contributed by atoms with Gasteiger partial charge in [0.15, 0.2) is 5.96 Å². The van der Waals surface area contributed by atoms with Crippen LogP contribution in [0.4, 0.5) is 0 Å². The van der Waals surface area contributed by atoms with E-state index in [1.54, 1.807) is 14.2 Å². The van der Waals surface area contributed by atoms with Crippen molar-refractivity contribution in [3.8, 4) is 0 Å². The summed E-state index contributed by atoms with van der Waals surface area (Å²) in [5.74, 6) is 2.71. The standard InChI is InChI=1S/C17H29N3O2.HI/c1-11-8-13(12(2)22-11)10-19-15(18-6)20-14-9-17(5,21-7)16(14,3)4;/h8,14H,9-10H2,1-7H3,(H2,18,19,20);1H. The third-order valence-electron chi connectivity index (χ3n) is 5.40. The molecule has 0 amide bonds. The smallest absolute Gasteiger partial charge is 0.191 e. The van der Waals surface area contributed by atoms with E-state index in [1.807, 2.05) is 13.8 Å². The van der Waals surface area contributed by atoms with Crippen molar-refractivity contribution < 1.29 is 9.15 Å². The quantitative estimate of drug-likeness (QED) is 0.433. The van der Waals surface area contributed by atoms with E-state index in [1.165, 1.54) is 0 Å². The molecule has 0 aromatic carbocycles. The Kier molecular flexibility index (Phi) is 6.55. The molecular weight excluding hydrogens is 405 g/mol. The zero-order valence-electron chi connectivity index (χ0n) is 15.2. The van der Waals surface area contributed by atoms with Gasteiger partial charge in [-0.3, -0.25) is 4.99 Å². The van der Waals surface area contributed by atoms with E-state index in [0.29, 0.717) is 12.6 Å². The number of halogens is 1. The molecule has 1 aromatic heterocycles. The second-order valence-electron chi connectivity index (χ2n) is 6.92. The van der Waals surface area contributed by atoms with Crippen LogP contribution in [0.5, 0.6) is 0 Å². The van der Waals surface area contributed by atoms with Gasteiger partial charge in [-0.1, -0.05) is 13.8 Å². The fourth-order valence-electron chi connectivity index (χ4n) is 3.12. The molecule has 6 heteroatoms. The highest BCUT2D eigenvalue weighted by Crippen LogP contribution is 2.51. The molecule has 2 atom stereocenters. The van der Waals surface area contributed by atoms with Crippen LogP contribution >= 0.6 is 24.0 Å². The number of furan rings is 1. The highest BCUT2D eigenvalue weighted by molar-refractivity contribution is 14.0. The summed E-state index contributed by atoms with van der Waals surface area (Å²) >= 11 is 0. The van der Waals surface area contributed by atoms with E-state index in [-0.39, 0.29) is 35.0 Å². The Labute approximate surface area is 156 Å². The number of nitrogens with one attached hydrogen (secondary N) is 2. The summed E-state index contributed by atoms with van der Waals surface area (Å²) in [6, 6.07) is 2.40. The Hall–Kier alpha value is -0.760. The van der Waals surface area contributed by atoms with E-state index < -0.39 is 0 Å². The predicted octanol–water partition coefficient (Wildman–Crippen LogP) is 3.38. The first kappa shape index (κ1) is 20.3. The number of nitrogens with zero attached hydrogens (tertiary/aromatic N) is 1. The van der Waals surface area contributed by atoms with Crippen molar-refractivity contribution in [3.63, 3.8) is 0 Å². The number of aryl methyl sites for hydroxylation is 2. The molecule has 5 nitrogen and oxygen atoms in total. The van der Waals surface area contributed by atoms with Crippen LogP contribution in [-0.4, -0.2) is 31.8 Å². The van der Waals surface area contributed by atoms with Crippen LogP contribution in [0.25, 0.3) is 0 Å². The molecule has 0 bridgehead atoms. The average molecular weight is 435 g/mol. The summed E-state index contributed by atoms with van der Waals surface area (Å²) in [5, 5.41) is 6.87. The lowest BCUT2D eigenvalue weighted by atomic mass is 9.56. The molecule has 23 heavy (non-hydrogen) atoms. The summed E-state index contributed by atoms with van der Waals surface area (Å²) in [7, 11) is 3.58. The zero-order valence-corrected chi connectivity index (χ0v) is 17.6. The van der Waals surface area contributed by atoms with E-state index in [4.69, 9.17) is 9.15 Å². The molecule has 1 aliphatic carbocycles. The Morgan fingerprint density at radius 3 is 2.48 bits per heavy atom. The van der Waals surface area contributed by atoms with E-state index in [2.05, 4.69) is 42.5 Å². The van der Waals surface area contributed by atoms with Gasteiger partial charge in [-0.2, -0.15) is 0 Å². The third kappa shape index (κ3) is 3.84. The molecule has 1 aliphatic rings. The Balaban J connectivity index is 0.00000264. The van der Waals surface area contributed by atoms with Crippen molar-refractivity contribution in [2.45, 2.75) is 59.2 Å². The number of methoxy groups -OCH3 is 1. The lowest BCUT2D eigenvalue weighted by Crippen LogP contribution is -2.69. The first-order valence-electron chi connectivity index (χ1n) is 7.82. The number of guanidine groups is 1. The molecule has 2 rings (SSSR count). The Morgan fingerprint density at radius 2 is 2.04 bits per heavy atom. The normalized spacial score (nSPS) is 26.2. The molecule has 0 aliphatic heterocycles. The van der Waals surface area contributed by atoms with Crippen molar-refractivity contribution in [3.05, 3.63) is 23.2 Å². The van der Waals surface area contributed by atoms with Crippen molar-refractivity contribution in [1.29, 1.82) is 0 Å². The molecule has 0 radical (unpaired) electrons. The van der Waals surface area contributed by atoms with Crippen molar-refractivity contribution >= 4 is 29.9 Å². The molecule has 1 fully saturated rings. The summed E-state index contributed by atoms with van der Waals surface area (Å²) < 4.78 is 11.2. The molecule has 1 saturated carbocycles. The monoisotopic (exact) mass is 435 g/mol. The lowest BCUT2D eigenvalue weighted by molar-refractivity contribution is -0.176. The van der Waals surface area contributed by atoms with Gasteiger partial charge in [-0.25, -0.2) is 0 Å². The highest BCUT2D eigenvalue weighted by atomic mass is 127. The summed E-state index contributed by atoms with van der Waals surface area (Å²) in [6.45, 7) is 11.3. The Morgan fingerprint density at radius 1 is 1.39 bits per heavy atom. The van der Waals surface area contributed by atoms with Gasteiger partial charge in [0.05, 0.1) is 5.60 Å². The van der Waals surface area contributed by atoms with Crippen LogP contribution in [0.1, 0.15) is 44.3 Å². The zero-order chi connectivity index (χ0) is 16.5. The van der Waals surface area contributed by atoms with E-state index >= 15 is 0 Å². The van der Waals surface area contributed by atoms with Crippen LogP contribution in [-0.2, 0) is 11.3 Å². The van der Waals surface area contributed by atoms with Crippen LogP contribution < -0.4 is 10.6 Å². The number of hydrogen-bond donors (Lipinski definition) is 2. The second-order valence-corrected chi connectivity index (χ2v) is 6.92. The number of aliphatic imine (C=N–C) groups is 1. The maximum absolute atomic E-state index is 5.67. The van der Waals surface area contributed by atoms with Gasteiger partial charge in [-0.15, -0.1) is 24.0 Å². The third-order valence-corrected chi connectivity index (χ3v) is 5.40. The molecule has 1 heterocycles. The molecular formula is C17H30IN3O2. The molecule has 2 unspecified atom stereocenters. The van der Waals surface area contributed by atoms with E-state index in [9.17, 15) is 0 Å². The minimum Gasteiger partial charge on any atom is -0.466 e. The minimum atomic E-state index is -0.0816. The molecule has 1 aromatic rings. The van der Waals surface area contributed by atoms with Crippen LogP contribution in [0.2, 0.25) is 0 Å². The maximum atomic E-state index is 5.67. The predicted molar refractivity (Wildman–Crippen MR) is 105 cm³/mol. The van der Waals surface area contributed by atoms with Gasteiger partial charge in [0.2, 0.25) is 0 Å². The maximum Gasteiger partial charge on any atom is 0.191 e. The van der Waals surface area contributed by atoms with Gasteiger partial charge in [0.1, 0.15) is 11.5 Å². The van der Waals surface area contributed by atoms with Crippen LogP contribution in [0.15, 0.2) is 15.5 Å². The first-order valence-corrected chi connectivity index (χ1v) is 7.82. The summed E-state index contributed by atoms with van der Waals surface area (Å²) in [4.78, 5) is 4.32. The van der Waals surface area contributed by atoms with Gasteiger partial charge in [0, 0.05) is 37.7 Å². The summed E-state index contributed by atoms with van der Waals surface area (Å²) in [5.41, 5.74) is 1.14. The van der Waals surface area contributed by atoms with Crippen molar-refractivity contribution in [2.75, 3.05) is 14.2 Å². The fourth-order valence-corrected chi connectivity index (χ4v) is 3.12. The average Bonchev–Trinajstić information content (AvgIpc) is 2.79. The van der Waals surface area contributed by atoms with Gasteiger partial charge in [-0.05, 0) is 33.3 Å². The number of hydrogen-bond acceptors (Lipinski definition) is 3. The first-order chi connectivity index (χ1) is 10.2. The minimum absolute atomic E-state index is 0. The van der Waals surface area contributed by atoms with Crippen LogP contribution in [0.3, 0.4) is 0 Å². The lowest BCUT2D eigenvalue weighted by Gasteiger charge is -2.59. The SMILES string of the molecule is CN=C(NCc1cc(C)oc1C)NC1CC(C)(OC)C1(C)C.I. The molecule has 132 valence electrons. The van der Waals surface area contributed by atoms with Gasteiger partial charge in [0.25, 0.3) is 0 Å². The number of rotatable bonds is 4. The fraction of sp³-hybridized carbons (Fsp3) is 0.706. The second kappa shape index (κ2) is 7.42. The molecule has 0 saturated heterocycles. The summed E-state index contributed by atoms with van der Waals surface area (Å²) in [6.07, 6.45) is 0.973. The highest BCUT2D eigenvalue weighted by Gasteiger charge is 2.58. The van der Waals surface area contributed by atoms with Crippen molar-refractivity contribution in [2.24, 2.45) is 10.4 Å². The number of ether oxygens (including phenoxy) is 1. The van der Waals surface area contributed by atoms with Crippen molar-refractivity contribution in [1.82, 2.24) is 10.6 Å². The largest absolute Gasteiger partial charge is 0.466 e. The molecule has 0 spiro atoms. The Bertz CT molecular complexity index is 568.